The summed E-state index contributed by atoms with van der Waals surface area (Å²) >= 11 is 0. The summed E-state index contributed by atoms with van der Waals surface area (Å²) in [5, 5.41) is 9.00. The molecule has 2 N–H and O–H groups in total. The van der Waals surface area contributed by atoms with E-state index in [0.29, 0.717) is 13.1 Å². The van der Waals surface area contributed by atoms with Crippen molar-refractivity contribution < 1.29 is 18.3 Å². The van der Waals surface area contributed by atoms with Gasteiger partial charge in [-0.25, -0.2) is 0 Å². The summed E-state index contributed by atoms with van der Waals surface area (Å²) in [6, 6.07) is -0.957. The van der Waals surface area contributed by atoms with Gasteiger partial charge in [0.05, 0.1) is 0 Å². The fraction of sp³-hybridized carbons (Fsp3) is 0.900. The number of nitrogens with zero attached hydrogens (tertiary/aromatic N) is 1. The van der Waals surface area contributed by atoms with Gasteiger partial charge in [0, 0.05) is 13.1 Å². The molecule has 2 fully saturated rings. The third kappa shape index (κ3) is 3.17. The molecule has 1 saturated heterocycles. The molecule has 1 heterocycles. The molecule has 0 aromatic rings. The minimum atomic E-state index is -3.63. The van der Waals surface area contributed by atoms with Crippen LogP contribution in [0.3, 0.4) is 0 Å². The zero-order valence-corrected chi connectivity index (χ0v) is 10.4. The number of aliphatic carboxylic acids is 1. The first-order chi connectivity index (χ1) is 8.00. The van der Waals surface area contributed by atoms with Gasteiger partial charge >= 0.3 is 5.97 Å². The molecule has 98 valence electrons. The highest BCUT2D eigenvalue weighted by Crippen LogP contribution is 2.33. The lowest BCUT2D eigenvalue weighted by atomic mass is 10.2. The second kappa shape index (κ2) is 4.91. The average molecular weight is 262 g/mol. The Morgan fingerprint density at radius 1 is 1.24 bits per heavy atom. The molecule has 0 amide bonds. The second-order valence-electron chi connectivity index (χ2n) is 4.74. The molecule has 0 spiro atoms. The van der Waals surface area contributed by atoms with Gasteiger partial charge in [-0.05, 0) is 31.6 Å². The van der Waals surface area contributed by atoms with E-state index < -0.39 is 22.2 Å². The van der Waals surface area contributed by atoms with Crippen molar-refractivity contribution in [2.45, 2.75) is 38.1 Å². The van der Waals surface area contributed by atoms with Crippen LogP contribution in [-0.2, 0) is 15.0 Å². The van der Waals surface area contributed by atoms with Gasteiger partial charge in [-0.15, -0.1) is 0 Å². The third-order valence-electron chi connectivity index (χ3n) is 3.29. The molecule has 0 radical (unpaired) electrons. The number of hydrogen-bond acceptors (Lipinski definition) is 3. The molecule has 1 unspecified atom stereocenters. The minimum Gasteiger partial charge on any atom is -0.480 e. The number of nitrogens with one attached hydrogen (secondary N) is 1. The van der Waals surface area contributed by atoms with Gasteiger partial charge < -0.3 is 5.11 Å². The Morgan fingerprint density at radius 2 is 1.82 bits per heavy atom. The maximum Gasteiger partial charge on any atom is 0.322 e. The highest BCUT2D eigenvalue weighted by molar-refractivity contribution is 7.87. The first-order valence-electron chi connectivity index (χ1n) is 6.01. The van der Waals surface area contributed by atoms with Crippen LogP contribution in [0.25, 0.3) is 0 Å². The number of rotatable bonds is 5. The molecule has 2 aliphatic rings. The molecule has 0 aromatic heterocycles. The van der Waals surface area contributed by atoms with E-state index in [1.54, 1.807) is 0 Å². The smallest absolute Gasteiger partial charge is 0.322 e. The first kappa shape index (κ1) is 12.8. The van der Waals surface area contributed by atoms with Crippen LogP contribution in [0.5, 0.6) is 0 Å². The lowest BCUT2D eigenvalue weighted by Crippen LogP contribution is -2.50. The van der Waals surface area contributed by atoms with Crippen molar-refractivity contribution in [3.8, 4) is 0 Å². The molecular formula is C10H18N2O4S. The van der Waals surface area contributed by atoms with Crippen LogP contribution in [-0.4, -0.2) is 42.9 Å². The van der Waals surface area contributed by atoms with Crippen LogP contribution in [0.2, 0.25) is 0 Å². The Hall–Kier alpha value is -0.660. The van der Waals surface area contributed by atoms with Gasteiger partial charge in [0.25, 0.3) is 10.2 Å². The van der Waals surface area contributed by atoms with Crippen molar-refractivity contribution in [2.75, 3.05) is 13.1 Å². The molecule has 0 aromatic carbocycles. The van der Waals surface area contributed by atoms with E-state index >= 15 is 0 Å². The maximum absolute atomic E-state index is 12.0. The number of carboxylic acid groups (broad SMARTS) is 1. The highest BCUT2D eigenvalue weighted by atomic mass is 32.2. The predicted molar refractivity (Wildman–Crippen MR) is 61.6 cm³/mol. The summed E-state index contributed by atoms with van der Waals surface area (Å²) in [7, 11) is -3.63. The number of carboxylic acids is 1. The lowest BCUT2D eigenvalue weighted by Gasteiger charge is -2.27. The van der Waals surface area contributed by atoms with Crippen LogP contribution < -0.4 is 4.72 Å². The Labute approximate surface area is 101 Å². The average Bonchev–Trinajstić information content (AvgIpc) is 3.11. The molecule has 1 aliphatic carbocycles. The van der Waals surface area contributed by atoms with Gasteiger partial charge in [0.2, 0.25) is 0 Å². The molecule has 7 heteroatoms. The van der Waals surface area contributed by atoms with Crippen molar-refractivity contribution in [2.24, 2.45) is 5.92 Å². The molecule has 1 atom stereocenters. The number of carbonyl (C=O) groups is 1. The fourth-order valence-electron chi connectivity index (χ4n) is 2.12. The number of piperidine rings is 1. The number of hydrogen-bond donors (Lipinski definition) is 2. The van der Waals surface area contributed by atoms with E-state index in [0.717, 1.165) is 32.1 Å². The summed E-state index contributed by atoms with van der Waals surface area (Å²) in [5.41, 5.74) is 0. The van der Waals surface area contributed by atoms with Crippen molar-refractivity contribution >= 4 is 16.2 Å². The lowest BCUT2D eigenvalue weighted by molar-refractivity contribution is -0.139. The van der Waals surface area contributed by atoms with E-state index in [1.807, 2.05) is 0 Å². The van der Waals surface area contributed by atoms with E-state index in [9.17, 15) is 13.2 Å². The van der Waals surface area contributed by atoms with Gasteiger partial charge in [-0.3, -0.25) is 4.79 Å². The molecule has 6 nitrogen and oxygen atoms in total. The monoisotopic (exact) mass is 262 g/mol. The van der Waals surface area contributed by atoms with E-state index in [-0.39, 0.29) is 5.92 Å². The zero-order valence-electron chi connectivity index (χ0n) is 9.63. The first-order valence-corrected chi connectivity index (χ1v) is 7.45. The van der Waals surface area contributed by atoms with Crippen LogP contribution in [0.1, 0.15) is 32.1 Å². The molecule has 17 heavy (non-hydrogen) atoms. The van der Waals surface area contributed by atoms with E-state index in [2.05, 4.69) is 4.72 Å². The Morgan fingerprint density at radius 3 is 2.29 bits per heavy atom. The van der Waals surface area contributed by atoms with E-state index in [4.69, 9.17) is 5.11 Å². The summed E-state index contributed by atoms with van der Waals surface area (Å²) < 4.78 is 27.6. The Bertz CT molecular complexity index is 385. The van der Waals surface area contributed by atoms with Crippen LogP contribution in [0.4, 0.5) is 0 Å². The van der Waals surface area contributed by atoms with Crippen molar-refractivity contribution in [1.82, 2.24) is 9.03 Å². The van der Waals surface area contributed by atoms with Gasteiger partial charge in [0.15, 0.2) is 0 Å². The Balaban J connectivity index is 2.01. The topological polar surface area (TPSA) is 86.7 Å². The SMILES string of the molecule is O=C(O)C(NS(=O)(=O)N1CCCCC1)C1CC1. The molecular weight excluding hydrogens is 244 g/mol. The minimum absolute atomic E-state index is 0.0351. The zero-order chi connectivity index (χ0) is 12.5. The molecule has 1 aliphatic heterocycles. The molecule has 0 bridgehead atoms. The predicted octanol–water partition coefficient (Wildman–Crippen LogP) is 0.170. The third-order valence-corrected chi connectivity index (χ3v) is 4.89. The van der Waals surface area contributed by atoms with Gasteiger partial charge in [-0.2, -0.15) is 17.4 Å². The highest BCUT2D eigenvalue weighted by Gasteiger charge is 2.40. The summed E-state index contributed by atoms with van der Waals surface area (Å²) in [5.74, 6) is -1.11. The van der Waals surface area contributed by atoms with Crippen molar-refractivity contribution in [1.29, 1.82) is 0 Å². The molecule has 2 rings (SSSR count). The fourth-order valence-corrected chi connectivity index (χ4v) is 3.62. The van der Waals surface area contributed by atoms with Crippen molar-refractivity contribution in [3.63, 3.8) is 0 Å². The summed E-state index contributed by atoms with van der Waals surface area (Å²) in [6.45, 7) is 0.985. The van der Waals surface area contributed by atoms with Crippen molar-refractivity contribution in [3.05, 3.63) is 0 Å². The van der Waals surface area contributed by atoms with E-state index in [1.165, 1.54) is 4.31 Å². The summed E-state index contributed by atoms with van der Waals surface area (Å²) in [6.07, 6.45) is 4.32. The van der Waals surface area contributed by atoms with Gasteiger partial charge in [0.1, 0.15) is 6.04 Å². The van der Waals surface area contributed by atoms with Crippen LogP contribution in [0.15, 0.2) is 0 Å². The largest absolute Gasteiger partial charge is 0.480 e. The van der Waals surface area contributed by atoms with Crippen LogP contribution in [0, 0.1) is 5.92 Å². The standard InChI is InChI=1S/C10H18N2O4S/c13-10(14)9(8-4-5-8)11-17(15,16)12-6-2-1-3-7-12/h8-9,11H,1-7H2,(H,13,14). The normalized spacial score (nSPS) is 24.5. The maximum atomic E-state index is 12.0. The second-order valence-corrected chi connectivity index (χ2v) is 6.44. The quantitative estimate of drug-likeness (QED) is 0.739. The van der Waals surface area contributed by atoms with Gasteiger partial charge in [-0.1, -0.05) is 6.42 Å². The van der Waals surface area contributed by atoms with Crippen LogP contribution >= 0.6 is 0 Å². The molecule has 1 saturated carbocycles. The summed E-state index contributed by atoms with van der Waals surface area (Å²) in [4.78, 5) is 11.0. The Kier molecular flexibility index (Phi) is 3.70.